The van der Waals surface area contributed by atoms with Gasteiger partial charge in [0, 0.05) is 44.0 Å². The Morgan fingerprint density at radius 2 is 1.58 bits per heavy atom. The Hall–Kier alpha value is -2.73. The number of anilines is 1. The molecule has 0 unspecified atom stereocenters. The first-order chi connectivity index (χ1) is 15.6. The smallest absolute Gasteiger partial charge is 0.210 e. The lowest BCUT2D eigenvalue weighted by molar-refractivity contribution is 0.179. The standard InChI is InChI=1S/C22H26N4O5S2/c1-25-10-12-26(13-11-25)24-22-19-14-18(32(3,27)28)8-9-20(19)23-15-21(22)33(29,30)17-6-4-16(31-2)5-7-17/h4-9,14-15H,10-13H2,1-3H3,(H,23,24). The summed E-state index contributed by atoms with van der Waals surface area (Å²) in [6, 6.07) is 10.7. The molecule has 0 saturated carbocycles. The summed E-state index contributed by atoms with van der Waals surface area (Å²) in [7, 11) is -3.93. The van der Waals surface area contributed by atoms with Crippen molar-refractivity contribution >= 4 is 36.3 Å². The van der Waals surface area contributed by atoms with E-state index in [1.54, 1.807) is 18.2 Å². The molecule has 1 aromatic heterocycles. The topological polar surface area (TPSA) is 109 Å². The van der Waals surface area contributed by atoms with Crippen LogP contribution in [0.1, 0.15) is 0 Å². The number of pyridine rings is 1. The highest BCUT2D eigenvalue weighted by Crippen LogP contribution is 2.35. The Kier molecular flexibility index (Phi) is 6.32. The van der Waals surface area contributed by atoms with Crippen LogP contribution in [0.25, 0.3) is 10.9 Å². The molecule has 1 saturated heterocycles. The summed E-state index contributed by atoms with van der Waals surface area (Å²) in [6.45, 7) is 2.97. The Morgan fingerprint density at radius 3 is 2.18 bits per heavy atom. The molecule has 1 aliphatic heterocycles. The first-order valence-corrected chi connectivity index (χ1v) is 13.7. The quantitative estimate of drug-likeness (QED) is 0.555. The molecule has 1 fully saturated rings. The predicted octanol–water partition coefficient (Wildman–Crippen LogP) is 2.05. The molecule has 0 radical (unpaired) electrons. The molecule has 0 atom stereocenters. The minimum absolute atomic E-state index is 0.0234. The van der Waals surface area contributed by atoms with Crippen molar-refractivity contribution in [2.75, 3.05) is 52.0 Å². The largest absolute Gasteiger partial charge is 0.497 e. The van der Waals surface area contributed by atoms with Gasteiger partial charge in [0.2, 0.25) is 9.84 Å². The van der Waals surface area contributed by atoms with Gasteiger partial charge in [-0.15, -0.1) is 0 Å². The lowest BCUT2D eigenvalue weighted by Gasteiger charge is -2.33. The first kappa shape index (κ1) is 23.4. The zero-order valence-corrected chi connectivity index (χ0v) is 20.3. The number of aromatic nitrogens is 1. The minimum atomic E-state index is -3.96. The zero-order valence-electron chi connectivity index (χ0n) is 18.6. The van der Waals surface area contributed by atoms with Crippen LogP contribution in [0.3, 0.4) is 0 Å². The van der Waals surface area contributed by atoms with Crippen LogP contribution in [0.2, 0.25) is 0 Å². The van der Waals surface area contributed by atoms with Gasteiger partial charge in [-0.2, -0.15) is 0 Å². The van der Waals surface area contributed by atoms with Gasteiger partial charge in [-0.3, -0.25) is 4.98 Å². The number of fused-ring (bicyclic) bond motifs is 1. The third kappa shape index (κ3) is 4.81. The van der Waals surface area contributed by atoms with E-state index >= 15 is 0 Å². The molecule has 0 aliphatic carbocycles. The number of hydrogen-bond acceptors (Lipinski definition) is 9. The van der Waals surface area contributed by atoms with Crippen molar-refractivity contribution in [3.05, 3.63) is 48.7 Å². The van der Waals surface area contributed by atoms with Crippen molar-refractivity contribution in [2.45, 2.75) is 14.7 Å². The third-order valence-corrected chi connectivity index (χ3v) is 8.56. The van der Waals surface area contributed by atoms with Gasteiger partial charge in [-0.25, -0.2) is 21.8 Å². The lowest BCUT2D eigenvalue weighted by atomic mass is 10.2. The molecule has 0 bridgehead atoms. The number of hydrazine groups is 1. The van der Waals surface area contributed by atoms with Gasteiger partial charge in [0.1, 0.15) is 10.6 Å². The molecule has 33 heavy (non-hydrogen) atoms. The normalized spacial score (nSPS) is 16.1. The summed E-state index contributed by atoms with van der Waals surface area (Å²) in [5.41, 5.74) is 4.06. The Balaban J connectivity index is 1.90. The molecule has 11 heteroatoms. The average Bonchev–Trinajstić information content (AvgIpc) is 2.79. The van der Waals surface area contributed by atoms with Gasteiger partial charge in [0.05, 0.1) is 28.1 Å². The van der Waals surface area contributed by atoms with Crippen molar-refractivity contribution in [3.8, 4) is 5.75 Å². The summed E-state index contributed by atoms with van der Waals surface area (Å²) in [5, 5.41) is 2.36. The molecule has 2 aromatic carbocycles. The van der Waals surface area contributed by atoms with E-state index in [-0.39, 0.29) is 14.7 Å². The third-order valence-electron chi connectivity index (χ3n) is 5.67. The second kappa shape index (κ2) is 8.90. The molecule has 2 heterocycles. The number of rotatable bonds is 6. The van der Waals surface area contributed by atoms with Crippen LogP contribution in [0, 0.1) is 0 Å². The van der Waals surface area contributed by atoms with E-state index in [0.717, 1.165) is 19.3 Å². The highest BCUT2D eigenvalue weighted by atomic mass is 32.2. The maximum Gasteiger partial charge on any atom is 0.210 e. The van der Waals surface area contributed by atoms with Gasteiger partial charge in [0.15, 0.2) is 9.84 Å². The fourth-order valence-corrected chi connectivity index (χ4v) is 5.67. The van der Waals surface area contributed by atoms with E-state index in [4.69, 9.17) is 4.74 Å². The highest BCUT2D eigenvalue weighted by molar-refractivity contribution is 7.91. The maximum atomic E-state index is 13.6. The number of benzene rings is 2. The number of hydrogen-bond donors (Lipinski definition) is 1. The first-order valence-electron chi connectivity index (χ1n) is 10.3. The van der Waals surface area contributed by atoms with Crippen LogP contribution in [0.4, 0.5) is 5.69 Å². The molecule has 0 amide bonds. The Labute approximate surface area is 193 Å². The van der Waals surface area contributed by atoms with E-state index < -0.39 is 19.7 Å². The number of sulfone groups is 2. The van der Waals surface area contributed by atoms with Crippen LogP contribution in [-0.2, 0) is 19.7 Å². The van der Waals surface area contributed by atoms with Crippen LogP contribution in [0.15, 0.2) is 63.3 Å². The zero-order chi connectivity index (χ0) is 23.8. The molecule has 9 nitrogen and oxygen atoms in total. The van der Waals surface area contributed by atoms with Crippen LogP contribution in [-0.4, -0.2) is 78.3 Å². The Bertz CT molecular complexity index is 1380. The molecular formula is C22H26N4O5S2. The van der Waals surface area contributed by atoms with Gasteiger partial charge < -0.3 is 15.1 Å². The van der Waals surface area contributed by atoms with Crippen molar-refractivity contribution in [1.29, 1.82) is 0 Å². The summed E-state index contributed by atoms with van der Waals surface area (Å²) < 4.78 is 56.7. The number of ether oxygens (including phenoxy) is 1. The second-order valence-electron chi connectivity index (χ2n) is 8.03. The maximum absolute atomic E-state index is 13.6. The molecule has 1 aliphatic rings. The SMILES string of the molecule is COc1ccc(S(=O)(=O)c2cnc3ccc(S(C)(=O)=O)cc3c2NN2CCN(C)CC2)cc1. The van der Waals surface area contributed by atoms with Crippen LogP contribution >= 0.6 is 0 Å². The number of nitrogens with zero attached hydrogens (tertiary/aromatic N) is 3. The van der Waals surface area contributed by atoms with Gasteiger partial charge in [0.25, 0.3) is 0 Å². The van der Waals surface area contributed by atoms with Gasteiger partial charge >= 0.3 is 0 Å². The summed E-state index contributed by atoms with van der Waals surface area (Å²) in [5.74, 6) is 0.541. The van der Waals surface area contributed by atoms with Crippen LogP contribution < -0.4 is 10.2 Å². The van der Waals surface area contributed by atoms with E-state index in [2.05, 4.69) is 15.3 Å². The Morgan fingerprint density at radius 1 is 0.939 bits per heavy atom. The van der Waals surface area contributed by atoms with Gasteiger partial charge in [-0.1, -0.05) is 0 Å². The van der Waals surface area contributed by atoms with Crippen molar-refractivity contribution in [2.24, 2.45) is 0 Å². The highest BCUT2D eigenvalue weighted by Gasteiger charge is 2.26. The summed E-state index contributed by atoms with van der Waals surface area (Å²) in [4.78, 5) is 6.67. The summed E-state index contributed by atoms with van der Waals surface area (Å²) >= 11 is 0. The molecule has 0 spiro atoms. The van der Waals surface area contributed by atoms with Crippen molar-refractivity contribution < 1.29 is 21.6 Å². The lowest BCUT2D eigenvalue weighted by Crippen LogP contribution is -2.47. The molecule has 3 aromatic rings. The number of piperazine rings is 1. The number of likely N-dealkylation sites (N-methyl/N-ethyl adjacent to an activating group) is 1. The molecular weight excluding hydrogens is 464 g/mol. The molecule has 1 N–H and O–H groups in total. The van der Waals surface area contributed by atoms with Crippen molar-refractivity contribution in [3.63, 3.8) is 0 Å². The average molecular weight is 491 g/mol. The number of nitrogens with one attached hydrogen (secondary N) is 1. The van der Waals surface area contributed by atoms with Crippen molar-refractivity contribution in [1.82, 2.24) is 14.9 Å². The van der Waals surface area contributed by atoms with Gasteiger partial charge in [-0.05, 0) is 49.5 Å². The monoisotopic (exact) mass is 490 g/mol. The fourth-order valence-electron chi connectivity index (χ4n) is 3.66. The summed E-state index contributed by atoms with van der Waals surface area (Å²) in [6.07, 6.45) is 2.44. The predicted molar refractivity (Wildman–Crippen MR) is 126 cm³/mol. The van der Waals surface area contributed by atoms with E-state index in [1.165, 1.54) is 37.6 Å². The second-order valence-corrected chi connectivity index (χ2v) is 12.0. The molecule has 4 rings (SSSR count). The van der Waals surface area contributed by atoms with Crippen LogP contribution in [0.5, 0.6) is 5.75 Å². The van der Waals surface area contributed by atoms with E-state index in [0.29, 0.717) is 35.4 Å². The van der Waals surface area contributed by atoms with E-state index in [1.807, 2.05) is 12.1 Å². The fraction of sp³-hybridized carbons (Fsp3) is 0.318. The minimum Gasteiger partial charge on any atom is -0.497 e. The molecule has 176 valence electrons. The van der Waals surface area contributed by atoms with E-state index in [9.17, 15) is 16.8 Å². The number of methoxy groups -OCH3 is 1.